The Morgan fingerprint density at radius 1 is 1.23 bits per heavy atom. The van der Waals surface area contributed by atoms with Gasteiger partial charge in [-0.15, -0.1) is 0 Å². The molecule has 22 heavy (non-hydrogen) atoms. The Bertz CT molecular complexity index is 582. The highest BCUT2D eigenvalue weighted by Gasteiger charge is 2.21. The van der Waals surface area contributed by atoms with E-state index in [-0.39, 0.29) is 11.7 Å². The highest BCUT2D eigenvalue weighted by molar-refractivity contribution is 5.98. The summed E-state index contributed by atoms with van der Waals surface area (Å²) in [5.41, 5.74) is 3.46. The molecular weight excluding hydrogens is 276 g/mol. The molecular formula is C18H24N2O2. The summed E-state index contributed by atoms with van der Waals surface area (Å²) in [5.74, 6) is 0.189. The molecule has 1 aromatic rings. The summed E-state index contributed by atoms with van der Waals surface area (Å²) in [6.45, 7) is 4.41. The van der Waals surface area contributed by atoms with Crippen molar-refractivity contribution in [3.05, 3.63) is 34.9 Å². The topological polar surface area (TPSA) is 49.4 Å². The molecule has 1 heterocycles. The predicted octanol–water partition coefficient (Wildman–Crippen LogP) is 1.96. The van der Waals surface area contributed by atoms with Crippen molar-refractivity contribution in [2.45, 2.75) is 45.1 Å². The van der Waals surface area contributed by atoms with Crippen LogP contribution in [-0.4, -0.2) is 42.3 Å². The fourth-order valence-corrected chi connectivity index (χ4v) is 3.43. The van der Waals surface area contributed by atoms with Crippen LogP contribution < -0.4 is 5.32 Å². The molecule has 4 heteroatoms. The van der Waals surface area contributed by atoms with Gasteiger partial charge >= 0.3 is 0 Å². The van der Waals surface area contributed by atoms with E-state index in [1.807, 2.05) is 17.0 Å². The van der Waals surface area contributed by atoms with Crippen LogP contribution in [0.2, 0.25) is 0 Å². The molecule has 1 saturated heterocycles. The highest BCUT2D eigenvalue weighted by atomic mass is 16.2. The maximum absolute atomic E-state index is 12.3. The number of hydrogen-bond acceptors (Lipinski definition) is 3. The minimum Gasteiger partial charge on any atom is -0.340 e. The van der Waals surface area contributed by atoms with Gasteiger partial charge in [0.1, 0.15) is 0 Å². The number of carbonyl (C=O) groups excluding carboxylic acids is 2. The van der Waals surface area contributed by atoms with Crippen LogP contribution in [0.4, 0.5) is 0 Å². The molecule has 0 spiro atoms. The molecule has 0 bridgehead atoms. The molecule has 1 atom stereocenters. The number of carbonyl (C=O) groups is 2. The molecule has 4 nitrogen and oxygen atoms in total. The Morgan fingerprint density at radius 2 is 2.05 bits per heavy atom. The lowest BCUT2D eigenvalue weighted by molar-refractivity contribution is -0.132. The standard InChI is InChI=1S/C18H24N2O2/c1-13-12-20(10-9-19-13)18(22)8-7-17(21)16-6-5-14-3-2-4-15(14)11-16/h5-6,11,13,19H,2-4,7-10,12H2,1H3. The van der Waals surface area contributed by atoms with Crippen molar-refractivity contribution in [1.82, 2.24) is 10.2 Å². The van der Waals surface area contributed by atoms with Crippen molar-refractivity contribution in [2.24, 2.45) is 0 Å². The number of hydrogen-bond donors (Lipinski definition) is 1. The molecule has 3 rings (SSSR count). The fraction of sp³-hybridized carbons (Fsp3) is 0.556. The summed E-state index contributed by atoms with van der Waals surface area (Å²) in [6, 6.07) is 6.37. The number of amides is 1. The van der Waals surface area contributed by atoms with Gasteiger partial charge in [0, 0.05) is 44.1 Å². The van der Waals surface area contributed by atoms with Gasteiger partial charge < -0.3 is 10.2 Å². The molecule has 1 aromatic carbocycles. The zero-order valence-electron chi connectivity index (χ0n) is 13.2. The summed E-state index contributed by atoms with van der Waals surface area (Å²) >= 11 is 0. The van der Waals surface area contributed by atoms with Crippen molar-refractivity contribution in [3.63, 3.8) is 0 Å². The third-order valence-corrected chi connectivity index (χ3v) is 4.71. The van der Waals surface area contributed by atoms with E-state index in [1.165, 1.54) is 17.5 Å². The fourth-order valence-electron chi connectivity index (χ4n) is 3.43. The van der Waals surface area contributed by atoms with E-state index in [0.29, 0.717) is 18.9 Å². The van der Waals surface area contributed by atoms with Crippen molar-refractivity contribution in [1.29, 1.82) is 0 Å². The number of ketones is 1. The van der Waals surface area contributed by atoms with Gasteiger partial charge in [0.05, 0.1) is 0 Å². The SMILES string of the molecule is CC1CN(C(=O)CCC(=O)c2ccc3c(c2)CCC3)CCN1. The van der Waals surface area contributed by atoms with Crippen LogP contribution in [0.1, 0.15) is 47.7 Å². The number of piperazine rings is 1. The van der Waals surface area contributed by atoms with Crippen molar-refractivity contribution in [3.8, 4) is 0 Å². The second kappa shape index (κ2) is 6.61. The number of rotatable bonds is 4. The van der Waals surface area contributed by atoms with Crippen LogP contribution in [0, 0.1) is 0 Å². The molecule has 118 valence electrons. The maximum atomic E-state index is 12.3. The van der Waals surface area contributed by atoms with E-state index in [9.17, 15) is 9.59 Å². The number of benzene rings is 1. The van der Waals surface area contributed by atoms with Crippen LogP contribution in [-0.2, 0) is 17.6 Å². The van der Waals surface area contributed by atoms with E-state index in [1.54, 1.807) is 0 Å². The minimum atomic E-state index is 0.0891. The van der Waals surface area contributed by atoms with E-state index in [0.717, 1.165) is 38.0 Å². The van der Waals surface area contributed by atoms with Gasteiger partial charge in [-0.05, 0) is 43.4 Å². The Morgan fingerprint density at radius 3 is 2.86 bits per heavy atom. The van der Waals surface area contributed by atoms with Crippen LogP contribution in [0.5, 0.6) is 0 Å². The number of aryl methyl sites for hydroxylation is 2. The van der Waals surface area contributed by atoms with E-state index >= 15 is 0 Å². The van der Waals surface area contributed by atoms with E-state index < -0.39 is 0 Å². The lowest BCUT2D eigenvalue weighted by atomic mass is 10.0. The largest absolute Gasteiger partial charge is 0.340 e. The van der Waals surface area contributed by atoms with Crippen molar-refractivity contribution < 1.29 is 9.59 Å². The Hall–Kier alpha value is -1.68. The van der Waals surface area contributed by atoms with E-state index in [2.05, 4.69) is 18.3 Å². The van der Waals surface area contributed by atoms with Gasteiger partial charge in [0.15, 0.2) is 5.78 Å². The lowest BCUT2D eigenvalue weighted by Crippen LogP contribution is -2.51. The summed E-state index contributed by atoms with van der Waals surface area (Å²) in [4.78, 5) is 26.4. The van der Waals surface area contributed by atoms with Crippen LogP contribution >= 0.6 is 0 Å². The number of nitrogens with one attached hydrogen (secondary N) is 1. The van der Waals surface area contributed by atoms with Gasteiger partial charge in [0.2, 0.25) is 5.91 Å². The first-order chi connectivity index (χ1) is 10.6. The van der Waals surface area contributed by atoms with Crippen LogP contribution in [0.15, 0.2) is 18.2 Å². The molecule has 1 fully saturated rings. The van der Waals surface area contributed by atoms with Gasteiger partial charge in [-0.3, -0.25) is 9.59 Å². The number of nitrogens with zero attached hydrogens (tertiary/aromatic N) is 1. The number of fused-ring (bicyclic) bond motifs is 1. The van der Waals surface area contributed by atoms with Gasteiger partial charge in [-0.2, -0.15) is 0 Å². The van der Waals surface area contributed by atoms with Gasteiger partial charge in [0.25, 0.3) is 0 Å². The Balaban J connectivity index is 1.54. The summed E-state index contributed by atoms with van der Waals surface area (Å²) in [7, 11) is 0. The molecule has 2 aliphatic rings. The molecule has 1 N–H and O–H groups in total. The first-order valence-electron chi connectivity index (χ1n) is 8.29. The van der Waals surface area contributed by atoms with E-state index in [4.69, 9.17) is 0 Å². The second-order valence-electron chi connectivity index (χ2n) is 6.46. The molecule has 1 unspecified atom stereocenters. The maximum Gasteiger partial charge on any atom is 0.223 e. The Kier molecular flexibility index (Phi) is 4.57. The molecule has 0 aromatic heterocycles. The van der Waals surface area contributed by atoms with Gasteiger partial charge in [-0.1, -0.05) is 12.1 Å². The first-order valence-corrected chi connectivity index (χ1v) is 8.29. The van der Waals surface area contributed by atoms with Crippen LogP contribution in [0.25, 0.3) is 0 Å². The summed E-state index contributed by atoms with van der Waals surface area (Å²) < 4.78 is 0. The summed E-state index contributed by atoms with van der Waals surface area (Å²) in [5, 5.41) is 3.32. The van der Waals surface area contributed by atoms with Crippen LogP contribution in [0.3, 0.4) is 0 Å². The van der Waals surface area contributed by atoms with Crippen molar-refractivity contribution >= 4 is 11.7 Å². The third-order valence-electron chi connectivity index (χ3n) is 4.71. The zero-order valence-corrected chi connectivity index (χ0v) is 13.2. The Labute approximate surface area is 131 Å². The molecule has 1 aliphatic carbocycles. The number of Topliss-reactive ketones (excluding diaryl/α,β-unsaturated/α-hetero) is 1. The highest BCUT2D eigenvalue weighted by Crippen LogP contribution is 2.23. The first kappa shape index (κ1) is 15.2. The monoisotopic (exact) mass is 300 g/mol. The zero-order chi connectivity index (χ0) is 15.5. The van der Waals surface area contributed by atoms with Crippen molar-refractivity contribution in [2.75, 3.05) is 19.6 Å². The quantitative estimate of drug-likeness (QED) is 0.865. The predicted molar refractivity (Wildman–Crippen MR) is 86.1 cm³/mol. The minimum absolute atomic E-state index is 0.0891. The second-order valence-corrected chi connectivity index (χ2v) is 6.46. The third kappa shape index (κ3) is 3.38. The molecule has 0 saturated carbocycles. The average molecular weight is 300 g/mol. The smallest absolute Gasteiger partial charge is 0.223 e. The average Bonchev–Trinajstić information content (AvgIpc) is 2.99. The normalized spacial score (nSPS) is 20.8. The van der Waals surface area contributed by atoms with Gasteiger partial charge in [-0.25, -0.2) is 0 Å². The lowest BCUT2D eigenvalue weighted by Gasteiger charge is -2.31. The molecule has 0 radical (unpaired) electrons. The molecule has 1 amide bonds. The molecule has 1 aliphatic heterocycles. The summed E-state index contributed by atoms with van der Waals surface area (Å²) in [6.07, 6.45) is 4.03.